The monoisotopic (exact) mass is 350 g/mol. The van der Waals surface area contributed by atoms with Crippen molar-refractivity contribution in [3.63, 3.8) is 0 Å². The lowest BCUT2D eigenvalue weighted by Gasteiger charge is -2.33. The Kier molecular flexibility index (Phi) is 5.29. The minimum atomic E-state index is 0.0223. The van der Waals surface area contributed by atoms with Gasteiger partial charge in [0.15, 0.2) is 0 Å². The Morgan fingerprint density at radius 2 is 1.75 bits per heavy atom. The van der Waals surface area contributed by atoms with Crippen LogP contribution < -0.4 is 0 Å². The number of aromatic hydroxyl groups is 1. The van der Waals surface area contributed by atoms with Gasteiger partial charge in [-0.15, -0.1) is 0 Å². The number of amides is 2. The van der Waals surface area contributed by atoms with Gasteiger partial charge in [0.25, 0.3) is 0 Å². The van der Waals surface area contributed by atoms with Crippen LogP contribution >= 0.6 is 11.6 Å². The first-order valence-electron chi connectivity index (χ1n) is 8.58. The number of likely N-dealkylation sites (tertiary alicyclic amines) is 2. The summed E-state index contributed by atoms with van der Waals surface area (Å²) < 4.78 is 0. The maximum Gasteiger partial charge on any atom is 0.226 e. The van der Waals surface area contributed by atoms with Crippen LogP contribution in [0.4, 0.5) is 0 Å². The van der Waals surface area contributed by atoms with Crippen LogP contribution in [0.15, 0.2) is 18.2 Å². The first-order chi connectivity index (χ1) is 11.5. The van der Waals surface area contributed by atoms with E-state index < -0.39 is 0 Å². The van der Waals surface area contributed by atoms with Gasteiger partial charge >= 0.3 is 0 Å². The van der Waals surface area contributed by atoms with Gasteiger partial charge in [-0.25, -0.2) is 0 Å². The Balaban J connectivity index is 1.51. The fourth-order valence-electron chi connectivity index (χ4n) is 3.52. The molecule has 0 radical (unpaired) electrons. The van der Waals surface area contributed by atoms with Gasteiger partial charge in [-0.3, -0.25) is 9.59 Å². The minimum absolute atomic E-state index is 0.0223. The number of hydrogen-bond acceptors (Lipinski definition) is 3. The average Bonchev–Trinajstić information content (AvgIpc) is 3.12. The molecule has 0 aliphatic carbocycles. The van der Waals surface area contributed by atoms with Crippen LogP contribution in [0.3, 0.4) is 0 Å². The van der Waals surface area contributed by atoms with Gasteiger partial charge in [-0.05, 0) is 43.4 Å². The summed E-state index contributed by atoms with van der Waals surface area (Å²) in [6, 6.07) is 4.84. The lowest BCUT2D eigenvalue weighted by atomic mass is 9.95. The van der Waals surface area contributed by atoms with Crippen LogP contribution in [0.2, 0.25) is 5.02 Å². The molecule has 2 aliphatic rings. The molecule has 3 rings (SSSR count). The average molecular weight is 351 g/mol. The molecule has 2 heterocycles. The maximum atomic E-state index is 12.4. The molecular weight excluding hydrogens is 328 g/mol. The van der Waals surface area contributed by atoms with Gasteiger partial charge in [-0.1, -0.05) is 17.7 Å². The quantitative estimate of drug-likeness (QED) is 0.910. The van der Waals surface area contributed by atoms with Crippen LogP contribution in [0.5, 0.6) is 5.75 Å². The van der Waals surface area contributed by atoms with E-state index in [1.165, 1.54) is 6.07 Å². The van der Waals surface area contributed by atoms with Crippen LogP contribution in [0.25, 0.3) is 0 Å². The van der Waals surface area contributed by atoms with Crippen molar-refractivity contribution in [2.75, 3.05) is 26.2 Å². The molecule has 24 heavy (non-hydrogen) atoms. The number of halogens is 1. The van der Waals surface area contributed by atoms with Crippen LogP contribution in [0, 0.1) is 5.92 Å². The van der Waals surface area contributed by atoms with Crippen molar-refractivity contribution in [3.05, 3.63) is 28.8 Å². The number of nitrogens with zero attached hydrogens (tertiary/aromatic N) is 2. The molecule has 1 aromatic carbocycles. The maximum absolute atomic E-state index is 12.4. The molecule has 2 aliphatic heterocycles. The van der Waals surface area contributed by atoms with E-state index in [1.807, 2.05) is 9.80 Å². The van der Waals surface area contributed by atoms with Crippen molar-refractivity contribution in [3.8, 4) is 5.75 Å². The van der Waals surface area contributed by atoms with E-state index in [4.69, 9.17) is 11.6 Å². The minimum Gasteiger partial charge on any atom is -0.506 e. The molecule has 2 saturated heterocycles. The number of benzene rings is 1. The smallest absolute Gasteiger partial charge is 0.226 e. The topological polar surface area (TPSA) is 60.9 Å². The fourth-order valence-corrected chi connectivity index (χ4v) is 3.72. The van der Waals surface area contributed by atoms with Crippen molar-refractivity contribution >= 4 is 23.4 Å². The van der Waals surface area contributed by atoms with E-state index in [0.29, 0.717) is 13.1 Å². The van der Waals surface area contributed by atoms with Crippen LogP contribution in [0.1, 0.15) is 31.2 Å². The first-order valence-corrected chi connectivity index (χ1v) is 8.96. The van der Waals surface area contributed by atoms with E-state index in [0.717, 1.165) is 44.3 Å². The van der Waals surface area contributed by atoms with E-state index >= 15 is 0 Å². The second-order valence-corrected chi connectivity index (χ2v) is 7.06. The molecule has 1 N–H and O–H groups in total. The zero-order chi connectivity index (χ0) is 17.1. The highest BCUT2D eigenvalue weighted by molar-refractivity contribution is 6.32. The van der Waals surface area contributed by atoms with Crippen LogP contribution in [-0.4, -0.2) is 52.9 Å². The van der Waals surface area contributed by atoms with E-state index in [9.17, 15) is 14.7 Å². The second-order valence-electron chi connectivity index (χ2n) is 6.65. The summed E-state index contributed by atoms with van der Waals surface area (Å²) in [5.74, 6) is 0.401. The number of hydrogen-bond donors (Lipinski definition) is 1. The Morgan fingerprint density at radius 1 is 1.08 bits per heavy atom. The van der Waals surface area contributed by atoms with Crippen molar-refractivity contribution in [2.24, 2.45) is 5.92 Å². The van der Waals surface area contributed by atoms with Gasteiger partial charge < -0.3 is 14.9 Å². The summed E-state index contributed by atoms with van der Waals surface area (Å²) in [5, 5.41) is 9.69. The van der Waals surface area contributed by atoms with Gasteiger partial charge in [0, 0.05) is 32.1 Å². The third-order valence-electron chi connectivity index (χ3n) is 4.98. The Hall–Kier alpha value is -1.75. The highest BCUT2D eigenvalue weighted by Crippen LogP contribution is 2.25. The van der Waals surface area contributed by atoms with Gasteiger partial charge in [0.2, 0.25) is 11.8 Å². The molecule has 2 fully saturated rings. The summed E-state index contributed by atoms with van der Waals surface area (Å²) in [6.45, 7) is 3.04. The predicted octanol–water partition coefficient (Wildman–Crippen LogP) is 2.45. The highest BCUT2D eigenvalue weighted by atomic mass is 35.5. The predicted molar refractivity (Wildman–Crippen MR) is 91.9 cm³/mol. The highest BCUT2D eigenvalue weighted by Gasteiger charge is 2.31. The second kappa shape index (κ2) is 7.43. The molecule has 130 valence electrons. The summed E-state index contributed by atoms with van der Waals surface area (Å²) >= 11 is 5.88. The summed E-state index contributed by atoms with van der Waals surface area (Å²) in [7, 11) is 0. The number of carbonyl (C=O) groups is 2. The number of carbonyl (C=O) groups excluding carboxylic acids is 2. The van der Waals surface area contributed by atoms with Crippen molar-refractivity contribution in [2.45, 2.75) is 32.1 Å². The molecule has 1 aromatic rings. The number of piperidine rings is 1. The number of phenolic OH excluding ortho intramolecular Hbond substituents is 1. The largest absolute Gasteiger partial charge is 0.506 e. The lowest BCUT2D eigenvalue weighted by Crippen LogP contribution is -2.44. The SMILES string of the molecule is O=C(Cc1ccc(O)c(Cl)c1)N1CCC(C(=O)N2CCCC2)CC1. The zero-order valence-electron chi connectivity index (χ0n) is 13.7. The van der Waals surface area contributed by atoms with E-state index in [1.54, 1.807) is 12.1 Å². The molecule has 5 nitrogen and oxygen atoms in total. The summed E-state index contributed by atoms with van der Waals surface area (Å²) in [4.78, 5) is 28.6. The third-order valence-corrected chi connectivity index (χ3v) is 5.28. The van der Waals surface area contributed by atoms with Crippen LogP contribution in [-0.2, 0) is 16.0 Å². The standard InChI is InChI=1S/C18H23ClN2O3/c19-15-11-13(3-4-16(15)22)12-17(23)20-9-5-14(6-10-20)18(24)21-7-1-2-8-21/h3-4,11,14,22H,1-2,5-10,12H2. The van der Waals surface area contributed by atoms with Crippen molar-refractivity contribution in [1.29, 1.82) is 0 Å². The Labute approximate surface area is 147 Å². The summed E-state index contributed by atoms with van der Waals surface area (Å²) in [6.07, 6.45) is 3.98. The third kappa shape index (κ3) is 3.83. The van der Waals surface area contributed by atoms with Gasteiger partial charge in [0.05, 0.1) is 11.4 Å². The molecule has 0 unspecified atom stereocenters. The molecule has 0 bridgehead atoms. The van der Waals surface area contributed by atoms with Gasteiger partial charge in [-0.2, -0.15) is 0 Å². The zero-order valence-corrected chi connectivity index (χ0v) is 14.5. The van der Waals surface area contributed by atoms with Gasteiger partial charge in [0.1, 0.15) is 5.75 Å². The normalized spacial score (nSPS) is 18.9. The number of phenols is 1. The molecule has 2 amide bonds. The Bertz CT molecular complexity index is 621. The van der Waals surface area contributed by atoms with E-state index in [-0.39, 0.29) is 34.9 Å². The molecule has 0 atom stereocenters. The molecule has 0 saturated carbocycles. The van der Waals surface area contributed by atoms with Crippen molar-refractivity contribution in [1.82, 2.24) is 9.80 Å². The van der Waals surface area contributed by atoms with Crippen molar-refractivity contribution < 1.29 is 14.7 Å². The van der Waals surface area contributed by atoms with E-state index in [2.05, 4.69) is 0 Å². The molecule has 0 spiro atoms. The molecule has 0 aromatic heterocycles. The fraction of sp³-hybridized carbons (Fsp3) is 0.556. The summed E-state index contributed by atoms with van der Waals surface area (Å²) in [5.41, 5.74) is 0.790. The molecular formula is C18H23ClN2O3. The lowest BCUT2D eigenvalue weighted by molar-refractivity contribution is -0.139. The molecule has 6 heteroatoms. The number of rotatable bonds is 3. The first kappa shape index (κ1) is 17.1. The Morgan fingerprint density at radius 3 is 2.38 bits per heavy atom.